The molecule has 0 radical (unpaired) electrons. The number of fused-ring (bicyclic) bond motifs is 1. The Kier molecular flexibility index (Phi) is 8.28. The van der Waals surface area contributed by atoms with E-state index in [1.807, 2.05) is 0 Å². The van der Waals surface area contributed by atoms with E-state index in [0.717, 1.165) is 30.4 Å². The minimum absolute atomic E-state index is 0.189. The minimum atomic E-state index is -0.390. The lowest BCUT2D eigenvalue weighted by Crippen LogP contribution is -2.44. The summed E-state index contributed by atoms with van der Waals surface area (Å²) in [7, 11) is 1.36. The summed E-state index contributed by atoms with van der Waals surface area (Å²) in [5.41, 5.74) is 7.71. The highest BCUT2D eigenvalue weighted by Gasteiger charge is 2.28. The zero-order valence-corrected chi connectivity index (χ0v) is 19.7. The van der Waals surface area contributed by atoms with Crippen molar-refractivity contribution in [3.05, 3.63) is 51.7 Å². The SMILES string of the molecule is COC(=O)c1c(NC(=S)NNC(=O)CSCc2ccc(F)cc2)sc2c1CC[C@@H](C)C2. The molecule has 1 aromatic heterocycles. The minimum Gasteiger partial charge on any atom is -0.465 e. The number of hydrogen-bond acceptors (Lipinski definition) is 6. The van der Waals surface area contributed by atoms with Crippen LogP contribution in [0.4, 0.5) is 9.39 Å². The number of hydrogen-bond donors (Lipinski definition) is 3. The number of halogens is 1. The van der Waals surface area contributed by atoms with Crippen molar-refractivity contribution < 1.29 is 18.7 Å². The van der Waals surface area contributed by atoms with Crippen molar-refractivity contribution in [2.75, 3.05) is 18.2 Å². The molecule has 0 unspecified atom stereocenters. The maximum absolute atomic E-state index is 12.9. The third kappa shape index (κ3) is 6.41. The number of methoxy groups -OCH3 is 1. The Bertz CT molecular complexity index is 963. The molecule has 0 spiro atoms. The third-order valence-corrected chi connectivity index (χ3v) is 7.24. The Labute approximate surface area is 194 Å². The molecule has 1 aliphatic carbocycles. The van der Waals surface area contributed by atoms with Gasteiger partial charge in [-0.25, -0.2) is 9.18 Å². The molecule has 1 atom stereocenters. The van der Waals surface area contributed by atoms with E-state index in [0.29, 0.717) is 22.2 Å². The van der Waals surface area contributed by atoms with E-state index in [4.69, 9.17) is 17.0 Å². The molecule has 0 fully saturated rings. The number of carbonyl (C=O) groups excluding carboxylic acids is 2. The predicted octanol–water partition coefficient (Wildman–Crippen LogP) is 4.05. The molecular weight excluding hydrogens is 457 g/mol. The van der Waals surface area contributed by atoms with Gasteiger partial charge in [-0.3, -0.25) is 15.6 Å². The fraction of sp³-hybridized carbons (Fsp3) is 0.381. The molecule has 2 aromatic rings. The molecule has 1 amide bonds. The number of rotatable bonds is 6. The quantitative estimate of drug-likeness (QED) is 0.326. The van der Waals surface area contributed by atoms with Gasteiger partial charge in [0, 0.05) is 10.6 Å². The van der Waals surface area contributed by atoms with Gasteiger partial charge in [0.2, 0.25) is 5.91 Å². The van der Waals surface area contributed by atoms with E-state index in [1.54, 1.807) is 12.1 Å². The summed E-state index contributed by atoms with van der Waals surface area (Å²) >= 11 is 8.19. The number of amides is 1. The number of thiocarbonyl (C=S) groups is 1. The lowest BCUT2D eigenvalue weighted by molar-refractivity contribution is -0.119. The fourth-order valence-corrected chi connectivity index (χ4v) is 5.70. The second-order valence-corrected chi connectivity index (χ2v) is 9.79. The van der Waals surface area contributed by atoms with Crippen molar-refractivity contribution in [3.8, 4) is 0 Å². The molecule has 1 aromatic carbocycles. The predicted molar refractivity (Wildman–Crippen MR) is 127 cm³/mol. The van der Waals surface area contributed by atoms with Crippen LogP contribution in [0, 0.1) is 11.7 Å². The van der Waals surface area contributed by atoms with Crippen LogP contribution in [-0.2, 0) is 28.1 Å². The van der Waals surface area contributed by atoms with Crippen LogP contribution in [0.5, 0.6) is 0 Å². The van der Waals surface area contributed by atoms with Crippen molar-refractivity contribution in [1.82, 2.24) is 10.9 Å². The summed E-state index contributed by atoms with van der Waals surface area (Å²) in [6, 6.07) is 6.18. The van der Waals surface area contributed by atoms with Crippen LogP contribution < -0.4 is 16.2 Å². The molecule has 3 N–H and O–H groups in total. The van der Waals surface area contributed by atoms with Crippen LogP contribution in [0.3, 0.4) is 0 Å². The van der Waals surface area contributed by atoms with Crippen LogP contribution in [0.1, 0.15) is 39.7 Å². The smallest absolute Gasteiger partial charge is 0.341 e. The fourth-order valence-electron chi connectivity index (χ4n) is 3.30. The normalized spacial score (nSPS) is 15.0. The molecule has 0 aliphatic heterocycles. The van der Waals surface area contributed by atoms with Gasteiger partial charge in [0.1, 0.15) is 10.8 Å². The van der Waals surface area contributed by atoms with E-state index in [2.05, 4.69) is 23.1 Å². The highest BCUT2D eigenvalue weighted by atomic mass is 32.2. The summed E-state index contributed by atoms with van der Waals surface area (Å²) in [5, 5.41) is 3.84. The van der Waals surface area contributed by atoms with E-state index >= 15 is 0 Å². The van der Waals surface area contributed by atoms with Gasteiger partial charge in [0.15, 0.2) is 5.11 Å². The molecule has 1 aliphatic rings. The van der Waals surface area contributed by atoms with Crippen LogP contribution in [0.25, 0.3) is 0 Å². The van der Waals surface area contributed by atoms with Gasteiger partial charge in [-0.05, 0) is 60.7 Å². The summed E-state index contributed by atoms with van der Waals surface area (Å²) in [6.07, 6.45) is 2.79. The van der Waals surface area contributed by atoms with Gasteiger partial charge in [-0.15, -0.1) is 23.1 Å². The zero-order valence-electron chi connectivity index (χ0n) is 17.2. The van der Waals surface area contributed by atoms with Crippen LogP contribution in [0.2, 0.25) is 0 Å². The summed E-state index contributed by atoms with van der Waals surface area (Å²) in [6.45, 7) is 2.20. The number of nitrogens with one attached hydrogen (secondary N) is 3. The lowest BCUT2D eigenvalue weighted by Gasteiger charge is -2.18. The number of anilines is 1. The Morgan fingerprint density at radius 1 is 1.29 bits per heavy atom. The molecule has 6 nitrogen and oxygen atoms in total. The van der Waals surface area contributed by atoms with E-state index in [1.165, 1.54) is 47.2 Å². The number of benzene rings is 1. The second-order valence-electron chi connectivity index (χ2n) is 7.29. The van der Waals surface area contributed by atoms with E-state index < -0.39 is 5.97 Å². The first-order chi connectivity index (χ1) is 14.9. The zero-order chi connectivity index (χ0) is 22.4. The number of esters is 1. The van der Waals surface area contributed by atoms with Gasteiger partial charge in [-0.1, -0.05) is 19.1 Å². The molecule has 0 bridgehead atoms. The molecule has 166 valence electrons. The number of ether oxygens (including phenoxy) is 1. The highest BCUT2D eigenvalue weighted by Crippen LogP contribution is 2.39. The van der Waals surface area contributed by atoms with Crippen molar-refractivity contribution in [1.29, 1.82) is 0 Å². The van der Waals surface area contributed by atoms with Crippen molar-refractivity contribution in [3.63, 3.8) is 0 Å². The van der Waals surface area contributed by atoms with Crippen LogP contribution in [-0.4, -0.2) is 29.9 Å². The monoisotopic (exact) mass is 481 g/mol. The molecule has 3 rings (SSSR count). The third-order valence-electron chi connectivity index (χ3n) is 4.86. The molecule has 0 saturated heterocycles. The van der Waals surface area contributed by atoms with Crippen LogP contribution >= 0.6 is 35.3 Å². The van der Waals surface area contributed by atoms with Gasteiger partial charge in [-0.2, -0.15) is 0 Å². The average molecular weight is 482 g/mol. The number of thioether (sulfide) groups is 1. The Hall–Kier alpha value is -2.17. The first-order valence-corrected chi connectivity index (χ1v) is 12.2. The summed E-state index contributed by atoms with van der Waals surface area (Å²) < 4.78 is 17.9. The molecule has 1 heterocycles. The van der Waals surface area contributed by atoms with Gasteiger partial charge in [0.05, 0.1) is 18.4 Å². The van der Waals surface area contributed by atoms with Gasteiger partial charge >= 0.3 is 5.97 Å². The molecule has 0 saturated carbocycles. The Morgan fingerprint density at radius 3 is 2.74 bits per heavy atom. The van der Waals surface area contributed by atoms with E-state index in [-0.39, 0.29) is 22.6 Å². The highest BCUT2D eigenvalue weighted by molar-refractivity contribution is 7.99. The topological polar surface area (TPSA) is 79.5 Å². The first-order valence-electron chi connectivity index (χ1n) is 9.78. The largest absolute Gasteiger partial charge is 0.465 e. The van der Waals surface area contributed by atoms with E-state index in [9.17, 15) is 14.0 Å². The Balaban J connectivity index is 1.50. The van der Waals surface area contributed by atoms with Crippen molar-refractivity contribution in [2.45, 2.75) is 31.9 Å². The van der Waals surface area contributed by atoms with Crippen LogP contribution in [0.15, 0.2) is 24.3 Å². The Morgan fingerprint density at radius 2 is 2.03 bits per heavy atom. The number of hydrazine groups is 1. The first kappa shape index (κ1) is 23.5. The maximum Gasteiger partial charge on any atom is 0.341 e. The molecular formula is C21H24FN3O3S3. The molecule has 10 heteroatoms. The number of thiophene rings is 1. The van der Waals surface area contributed by atoms with Gasteiger partial charge < -0.3 is 10.1 Å². The molecule has 31 heavy (non-hydrogen) atoms. The lowest BCUT2D eigenvalue weighted by atomic mass is 9.88. The number of carbonyl (C=O) groups is 2. The standard InChI is InChI=1S/C21H24FN3O3S3/c1-12-3-8-15-16(9-12)31-19(18(15)20(27)28-2)23-21(29)25-24-17(26)11-30-10-13-4-6-14(22)7-5-13/h4-7,12H,3,8-11H2,1-2H3,(H,24,26)(H2,23,25,29)/t12-/m1/s1. The summed E-state index contributed by atoms with van der Waals surface area (Å²) in [5.74, 6) is 0.459. The van der Waals surface area contributed by atoms with Gasteiger partial charge in [0.25, 0.3) is 0 Å². The maximum atomic E-state index is 12.9. The summed E-state index contributed by atoms with van der Waals surface area (Å²) in [4.78, 5) is 25.6. The second kappa shape index (κ2) is 10.9. The average Bonchev–Trinajstić information content (AvgIpc) is 3.09. The van der Waals surface area contributed by atoms with Crippen molar-refractivity contribution in [2.24, 2.45) is 5.92 Å². The van der Waals surface area contributed by atoms with Crippen molar-refractivity contribution >= 4 is 57.3 Å².